The van der Waals surface area contributed by atoms with E-state index in [-0.39, 0.29) is 6.61 Å². The zero-order valence-corrected chi connectivity index (χ0v) is 16.8. The number of aryl methyl sites for hydroxylation is 1. The van der Waals surface area contributed by atoms with Gasteiger partial charge in [-0.05, 0) is 37.3 Å². The molecule has 0 aliphatic heterocycles. The van der Waals surface area contributed by atoms with Crippen LogP contribution < -0.4 is 5.32 Å². The van der Waals surface area contributed by atoms with E-state index in [1.54, 1.807) is 17.0 Å². The Balaban J connectivity index is 1.73. The number of nitrogens with one attached hydrogen (secondary N) is 1. The van der Waals surface area contributed by atoms with Gasteiger partial charge in [-0.1, -0.05) is 18.2 Å². The molecule has 1 N–H and O–H groups in total. The van der Waals surface area contributed by atoms with Gasteiger partial charge in [0.25, 0.3) is 5.91 Å². The average Bonchev–Trinajstić information content (AvgIpc) is 3.37. The molecular weight excluding hydrogens is 386 g/mol. The van der Waals surface area contributed by atoms with Crippen molar-refractivity contribution in [1.29, 1.82) is 0 Å². The Morgan fingerprint density at radius 3 is 2.70 bits per heavy atom. The molecule has 0 radical (unpaired) electrons. The number of amides is 1. The van der Waals surface area contributed by atoms with Crippen molar-refractivity contribution in [2.24, 2.45) is 0 Å². The van der Waals surface area contributed by atoms with Gasteiger partial charge in [-0.2, -0.15) is 5.10 Å². The molecule has 0 unspecified atom stereocenters. The molecule has 0 saturated heterocycles. The normalized spacial score (nSPS) is 11.0. The van der Waals surface area contributed by atoms with Gasteiger partial charge in [0.2, 0.25) is 0 Å². The number of aromatic nitrogens is 2. The van der Waals surface area contributed by atoms with Gasteiger partial charge in [-0.25, -0.2) is 9.48 Å². The number of rotatable bonds is 9. The number of ether oxygens (including phenoxy) is 2. The third-order valence-electron chi connectivity index (χ3n) is 4.11. The first-order valence-electron chi connectivity index (χ1n) is 9.39. The summed E-state index contributed by atoms with van der Waals surface area (Å²) in [7, 11) is 1.54. The van der Waals surface area contributed by atoms with E-state index in [2.05, 4.69) is 10.4 Å². The minimum absolute atomic E-state index is 0.354. The van der Waals surface area contributed by atoms with Crippen molar-refractivity contribution in [3.8, 4) is 17.1 Å². The van der Waals surface area contributed by atoms with Crippen molar-refractivity contribution in [3.63, 3.8) is 0 Å². The second-order valence-electron chi connectivity index (χ2n) is 6.41. The molecule has 0 aliphatic rings. The Morgan fingerprint density at radius 1 is 1.20 bits per heavy atom. The Hall–Kier alpha value is -3.65. The topological polar surface area (TPSA) is 95.6 Å². The average molecular weight is 409 g/mol. The second kappa shape index (κ2) is 10.2. The lowest BCUT2D eigenvalue weighted by Gasteiger charge is -2.04. The number of hydrogen-bond donors (Lipinski definition) is 1. The van der Waals surface area contributed by atoms with Crippen molar-refractivity contribution in [3.05, 3.63) is 66.1 Å². The zero-order chi connectivity index (χ0) is 21.3. The summed E-state index contributed by atoms with van der Waals surface area (Å²) in [5.41, 5.74) is 2.14. The van der Waals surface area contributed by atoms with Gasteiger partial charge >= 0.3 is 5.97 Å². The summed E-state index contributed by atoms with van der Waals surface area (Å²) in [5, 5.41) is 7.18. The highest BCUT2D eigenvalue weighted by Gasteiger charge is 2.14. The van der Waals surface area contributed by atoms with Crippen molar-refractivity contribution in [1.82, 2.24) is 15.1 Å². The lowest BCUT2D eigenvalue weighted by atomic mass is 10.2. The summed E-state index contributed by atoms with van der Waals surface area (Å²) in [6.45, 7) is 2.23. The van der Waals surface area contributed by atoms with E-state index in [9.17, 15) is 9.59 Å². The van der Waals surface area contributed by atoms with Gasteiger partial charge in [0.1, 0.15) is 11.5 Å². The molecule has 2 aromatic heterocycles. The molecule has 2 heterocycles. The van der Waals surface area contributed by atoms with Crippen LogP contribution in [0.15, 0.2) is 59.2 Å². The lowest BCUT2D eigenvalue weighted by molar-refractivity contribution is -0.143. The molecular formula is C22H23N3O5. The molecule has 8 heteroatoms. The van der Waals surface area contributed by atoms with Gasteiger partial charge in [0.15, 0.2) is 12.4 Å². The molecule has 8 nitrogen and oxygen atoms in total. The van der Waals surface area contributed by atoms with E-state index < -0.39 is 11.9 Å². The highest BCUT2D eigenvalue weighted by atomic mass is 16.5. The Kier molecular flexibility index (Phi) is 7.18. The SMILES string of the molecule is COCCNC(=O)COC(=O)/C=C/c1cn(-c2ccccc2)nc1-c1ccc(C)o1. The molecule has 0 fully saturated rings. The monoisotopic (exact) mass is 409 g/mol. The molecule has 3 rings (SSSR count). The molecule has 0 bridgehead atoms. The highest BCUT2D eigenvalue weighted by Crippen LogP contribution is 2.26. The molecule has 1 aromatic carbocycles. The van der Waals surface area contributed by atoms with Crippen molar-refractivity contribution >= 4 is 18.0 Å². The van der Waals surface area contributed by atoms with Crippen LogP contribution in [0, 0.1) is 6.92 Å². The molecule has 0 aliphatic carbocycles. The summed E-state index contributed by atoms with van der Waals surface area (Å²) in [6, 6.07) is 13.3. The number of nitrogens with zero attached hydrogens (tertiary/aromatic N) is 2. The molecule has 0 saturated carbocycles. The summed E-state index contributed by atoms with van der Waals surface area (Å²) >= 11 is 0. The van der Waals surface area contributed by atoms with Crippen LogP contribution in [0.5, 0.6) is 0 Å². The second-order valence-corrected chi connectivity index (χ2v) is 6.41. The molecule has 0 atom stereocenters. The highest BCUT2D eigenvalue weighted by molar-refractivity contribution is 5.90. The number of esters is 1. The Morgan fingerprint density at radius 2 is 2.00 bits per heavy atom. The predicted octanol–water partition coefficient (Wildman–Crippen LogP) is 2.76. The van der Waals surface area contributed by atoms with Crippen LogP contribution in [0.25, 0.3) is 23.2 Å². The number of benzene rings is 1. The summed E-state index contributed by atoms with van der Waals surface area (Å²) in [4.78, 5) is 23.6. The minimum Gasteiger partial charge on any atom is -0.460 e. The first-order valence-corrected chi connectivity index (χ1v) is 9.39. The first-order chi connectivity index (χ1) is 14.6. The number of hydrogen-bond acceptors (Lipinski definition) is 6. The van der Waals surface area contributed by atoms with E-state index in [0.717, 1.165) is 11.4 Å². The smallest absolute Gasteiger partial charge is 0.331 e. The molecule has 156 valence electrons. The fourth-order valence-corrected chi connectivity index (χ4v) is 2.66. The minimum atomic E-state index is -0.633. The predicted molar refractivity (Wildman–Crippen MR) is 111 cm³/mol. The fraction of sp³-hybridized carbons (Fsp3) is 0.227. The molecule has 30 heavy (non-hydrogen) atoms. The molecule has 1 amide bonds. The quantitative estimate of drug-likeness (QED) is 0.332. The maximum atomic E-state index is 12.0. The van der Waals surface area contributed by atoms with Crippen LogP contribution >= 0.6 is 0 Å². The Labute approximate surface area is 174 Å². The lowest BCUT2D eigenvalue weighted by Crippen LogP contribution is -2.31. The molecule has 0 spiro atoms. The third kappa shape index (κ3) is 5.68. The number of methoxy groups -OCH3 is 1. The van der Waals surface area contributed by atoms with E-state index >= 15 is 0 Å². The van der Waals surface area contributed by atoms with E-state index in [0.29, 0.717) is 30.2 Å². The van der Waals surface area contributed by atoms with Crippen LogP contribution in [0.3, 0.4) is 0 Å². The van der Waals surface area contributed by atoms with Gasteiger partial charge in [0.05, 0.1) is 12.3 Å². The van der Waals surface area contributed by atoms with E-state index in [1.807, 2.05) is 49.4 Å². The number of para-hydroxylation sites is 1. The van der Waals surface area contributed by atoms with Gasteiger partial charge in [-0.3, -0.25) is 4.79 Å². The number of furan rings is 1. The van der Waals surface area contributed by atoms with Crippen LogP contribution in [-0.2, 0) is 19.1 Å². The maximum absolute atomic E-state index is 12.0. The number of carbonyl (C=O) groups excluding carboxylic acids is 2. The standard InChI is InChI=1S/C22H23N3O5/c1-16-8-10-19(30-16)22-17(14-25(24-22)18-6-4-3-5-7-18)9-11-21(27)29-15-20(26)23-12-13-28-2/h3-11,14H,12-13,15H2,1-2H3,(H,23,26)/b11-9+. The van der Waals surface area contributed by atoms with E-state index in [1.165, 1.54) is 13.2 Å². The van der Waals surface area contributed by atoms with Gasteiger partial charge in [0, 0.05) is 31.5 Å². The summed E-state index contributed by atoms with van der Waals surface area (Å²) in [5.74, 6) is 0.323. The fourth-order valence-electron chi connectivity index (χ4n) is 2.66. The van der Waals surface area contributed by atoms with Crippen molar-refractivity contribution in [2.45, 2.75) is 6.92 Å². The Bertz CT molecular complexity index is 1020. The summed E-state index contributed by atoms with van der Waals surface area (Å²) < 4.78 is 17.2. The van der Waals surface area contributed by atoms with Crippen LogP contribution in [0.2, 0.25) is 0 Å². The van der Waals surface area contributed by atoms with Gasteiger partial charge < -0.3 is 19.2 Å². The molecule has 3 aromatic rings. The third-order valence-corrected chi connectivity index (χ3v) is 4.11. The zero-order valence-electron chi connectivity index (χ0n) is 16.8. The van der Waals surface area contributed by atoms with Crippen LogP contribution in [0.4, 0.5) is 0 Å². The van der Waals surface area contributed by atoms with E-state index in [4.69, 9.17) is 13.9 Å². The van der Waals surface area contributed by atoms with Crippen LogP contribution in [0.1, 0.15) is 11.3 Å². The van der Waals surface area contributed by atoms with Crippen molar-refractivity contribution < 1.29 is 23.5 Å². The largest absolute Gasteiger partial charge is 0.460 e. The summed E-state index contributed by atoms with van der Waals surface area (Å²) in [6.07, 6.45) is 4.64. The van der Waals surface area contributed by atoms with Gasteiger partial charge in [-0.15, -0.1) is 0 Å². The van der Waals surface area contributed by atoms with Crippen LogP contribution in [-0.4, -0.2) is 48.5 Å². The first kappa shape index (κ1) is 21.1. The van der Waals surface area contributed by atoms with Crippen molar-refractivity contribution in [2.75, 3.05) is 26.9 Å². The maximum Gasteiger partial charge on any atom is 0.331 e. The number of carbonyl (C=O) groups is 2.